The van der Waals surface area contributed by atoms with Gasteiger partial charge in [0.25, 0.3) is 0 Å². The highest BCUT2D eigenvalue weighted by molar-refractivity contribution is 6.27. The quantitative estimate of drug-likeness (QED) is 0.171. The minimum atomic E-state index is -0.480. The molecule has 0 saturated heterocycles. The molecule has 1 heterocycles. The highest BCUT2D eigenvalue weighted by Gasteiger charge is 2.22. The van der Waals surface area contributed by atoms with Crippen LogP contribution in [0.5, 0.6) is 11.5 Å². The van der Waals surface area contributed by atoms with Crippen LogP contribution in [0.1, 0.15) is 19.2 Å². The lowest BCUT2D eigenvalue weighted by molar-refractivity contribution is 0.487. The SMILES string of the molecule is [2H]c1c([2H])c([2H])c(-c2ccc3c(c2)Oc2ccc(-c4c([2H])c([2H])c(-c5ccc6ccc7c(-c8c([2H])c([2H])c([2H])c([2H])c8[2H])ccc8ccc5c6c87)c([2H])c4[2H])c4cccc-3c24)c([2H])c1[2H]. The molecule has 0 N–H and O–H groups in total. The van der Waals surface area contributed by atoms with Crippen LogP contribution in [0.2, 0.25) is 0 Å². The zero-order chi connectivity index (χ0) is 45.7. The lowest BCUT2D eigenvalue weighted by atomic mass is 9.87. The molecule has 1 heteroatoms. The largest absolute Gasteiger partial charge is 0.456 e. The summed E-state index contributed by atoms with van der Waals surface area (Å²) in [6.45, 7) is 0. The zero-order valence-corrected chi connectivity index (χ0v) is 26.6. The molecule has 0 unspecified atom stereocenters. The van der Waals surface area contributed by atoms with Gasteiger partial charge in [0, 0.05) is 10.9 Å². The number of hydrogen-bond donors (Lipinski definition) is 0. The van der Waals surface area contributed by atoms with Crippen LogP contribution in [0.4, 0.5) is 0 Å². The third-order valence-electron chi connectivity index (χ3n) is 9.88. The van der Waals surface area contributed by atoms with Gasteiger partial charge in [-0.05, 0) is 106 Å². The smallest absolute Gasteiger partial charge is 0.135 e. The molecule has 0 aromatic heterocycles. The van der Waals surface area contributed by atoms with Crippen molar-refractivity contribution < 1.29 is 23.9 Å². The number of benzene rings is 10. The molecule has 0 aliphatic carbocycles. The van der Waals surface area contributed by atoms with Crippen LogP contribution in [-0.4, -0.2) is 0 Å². The van der Waals surface area contributed by atoms with E-state index in [1.807, 2.05) is 54.6 Å². The Morgan fingerprint density at radius 2 is 0.843 bits per heavy atom. The van der Waals surface area contributed by atoms with Gasteiger partial charge in [0.05, 0.1) is 19.2 Å². The molecule has 0 spiro atoms. The molecule has 236 valence electrons. The van der Waals surface area contributed by atoms with Gasteiger partial charge in [0.1, 0.15) is 11.5 Å². The molecule has 10 aromatic carbocycles. The van der Waals surface area contributed by atoms with Gasteiger partial charge < -0.3 is 4.74 Å². The Morgan fingerprint density at radius 3 is 1.47 bits per heavy atom. The molecule has 0 saturated carbocycles. The Hall–Kier alpha value is -6.70. The summed E-state index contributed by atoms with van der Waals surface area (Å²) in [7, 11) is 0. The van der Waals surface area contributed by atoms with Gasteiger partial charge in [-0.1, -0.05) is 163 Å². The molecule has 0 bridgehead atoms. The number of ether oxygens (including phenoxy) is 1. The number of fused-ring (bicyclic) bond motifs is 2. The average molecular weight is 661 g/mol. The maximum Gasteiger partial charge on any atom is 0.135 e. The van der Waals surface area contributed by atoms with Gasteiger partial charge in [0.15, 0.2) is 0 Å². The first-order chi connectivity index (χ1) is 31.1. The summed E-state index contributed by atoms with van der Waals surface area (Å²) in [6.07, 6.45) is 0. The molecule has 0 atom stereocenters. The van der Waals surface area contributed by atoms with Crippen molar-refractivity contribution in [1.29, 1.82) is 0 Å². The van der Waals surface area contributed by atoms with Crippen LogP contribution in [0, 0.1) is 0 Å². The lowest BCUT2D eigenvalue weighted by Gasteiger charge is -2.23. The molecule has 11 rings (SSSR count). The minimum absolute atomic E-state index is 0.0527. The molecule has 1 aliphatic rings. The van der Waals surface area contributed by atoms with E-state index in [0.717, 1.165) is 27.1 Å². The number of rotatable bonds is 4. The molecular formula is C50H30O. The molecule has 1 aliphatic heterocycles. The summed E-state index contributed by atoms with van der Waals surface area (Å²) < 4.78 is 128. The topological polar surface area (TPSA) is 9.23 Å². The maximum absolute atomic E-state index is 9.47. The van der Waals surface area contributed by atoms with Crippen LogP contribution >= 0.6 is 0 Å². The number of hydrogen-bond acceptors (Lipinski definition) is 1. The van der Waals surface area contributed by atoms with Crippen molar-refractivity contribution in [3.8, 4) is 67.1 Å². The van der Waals surface area contributed by atoms with E-state index in [2.05, 4.69) is 0 Å². The molecule has 10 aromatic rings. The van der Waals surface area contributed by atoms with Crippen molar-refractivity contribution in [3.05, 3.63) is 182 Å². The van der Waals surface area contributed by atoms with Crippen LogP contribution in [0.15, 0.2) is 182 Å². The second kappa shape index (κ2) is 10.9. The van der Waals surface area contributed by atoms with Crippen molar-refractivity contribution in [2.75, 3.05) is 0 Å². The van der Waals surface area contributed by atoms with E-state index in [-0.39, 0.29) is 70.6 Å². The van der Waals surface area contributed by atoms with Crippen LogP contribution < -0.4 is 4.74 Å². The zero-order valence-electron chi connectivity index (χ0n) is 40.6. The summed E-state index contributed by atoms with van der Waals surface area (Å²) in [5, 5.41) is 5.87. The van der Waals surface area contributed by atoms with E-state index >= 15 is 0 Å². The summed E-state index contributed by atoms with van der Waals surface area (Å²) in [5.74, 6) is 0.870. The summed E-state index contributed by atoms with van der Waals surface area (Å²) >= 11 is 0. The first kappa shape index (κ1) is 17.8. The van der Waals surface area contributed by atoms with Crippen LogP contribution in [-0.2, 0) is 0 Å². The van der Waals surface area contributed by atoms with Gasteiger partial charge in [0.2, 0.25) is 0 Å². The van der Waals surface area contributed by atoms with Crippen LogP contribution in [0.3, 0.4) is 0 Å². The van der Waals surface area contributed by atoms with Crippen molar-refractivity contribution in [3.63, 3.8) is 0 Å². The predicted molar refractivity (Wildman–Crippen MR) is 215 cm³/mol. The third kappa shape index (κ3) is 4.28. The first-order valence-electron chi connectivity index (χ1n) is 23.4. The van der Waals surface area contributed by atoms with Crippen molar-refractivity contribution in [2.24, 2.45) is 0 Å². The molecule has 0 fully saturated rings. The van der Waals surface area contributed by atoms with E-state index in [1.54, 1.807) is 42.5 Å². The van der Waals surface area contributed by atoms with Crippen molar-refractivity contribution in [2.45, 2.75) is 0 Å². The fourth-order valence-corrected chi connectivity index (χ4v) is 7.60. The van der Waals surface area contributed by atoms with E-state index < -0.39 is 36.3 Å². The minimum Gasteiger partial charge on any atom is -0.456 e. The van der Waals surface area contributed by atoms with Gasteiger partial charge in [-0.15, -0.1) is 0 Å². The maximum atomic E-state index is 9.47. The van der Waals surface area contributed by atoms with Crippen LogP contribution in [0.25, 0.3) is 98.7 Å². The van der Waals surface area contributed by atoms with Gasteiger partial charge in [-0.2, -0.15) is 0 Å². The Kier molecular flexibility index (Phi) is 3.81. The summed E-state index contributed by atoms with van der Waals surface area (Å²) in [6, 6.07) is 24.0. The van der Waals surface area contributed by atoms with Gasteiger partial charge in [-0.3, -0.25) is 0 Å². The Morgan fingerprint density at radius 1 is 0.333 bits per heavy atom. The van der Waals surface area contributed by atoms with Crippen molar-refractivity contribution >= 4 is 43.1 Å². The van der Waals surface area contributed by atoms with Gasteiger partial charge in [-0.25, -0.2) is 0 Å². The Bertz CT molecular complexity index is 3720. The van der Waals surface area contributed by atoms with E-state index in [9.17, 15) is 5.48 Å². The fraction of sp³-hybridized carbons (Fsp3) is 0. The van der Waals surface area contributed by atoms with Gasteiger partial charge >= 0.3 is 0 Å². The average Bonchev–Trinajstić information content (AvgIpc) is 3.31. The first-order valence-corrected chi connectivity index (χ1v) is 16.4. The Labute approximate surface area is 315 Å². The summed E-state index contributed by atoms with van der Waals surface area (Å²) in [4.78, 5) is 0. The second-order valence-electron chi connectivity index (χ2n) is 12.6. The molecule has 0 radical (unpaired) electrons. The predicted octanol–water partition coefficient (Wildman–Crippen LogP) is 14.2. The normalized spacial score (nSPS) is 15.9. The second-order valence-corrected chi connectivity index (χ2v) is 12.6. The Balaban J connectivity index is 1.06. The monoisotopic (exact) mass is 660 g/mol. The molecule has 0 amide bonds. The highest BCUT2D eigenvalue weighted by atomic mass is 16.5. The van der Waals surface area contributed by atoms with E-state index in [0.29, 0.717) is 60.9 Å². The molecule has 1 nitrogen and oxygen atoms in total. The van der Waals surface area contributed by atoms with E-state index in [1.165, 1.54) is 0 Å². The molecular weight excluding hydrogens is 617 g/mol. The van der Waals surface area contributed by atoms with E-state index in [4.69, 9.17) is 18.4 Å². The highest BCUT2D eigenvalue weighted by Crippen LogP contribution is 2.50. The standard InChI is InChI=1S/C50H30O/c1-3-8-31(9-4-1)37-22-25-41-43-13-7-12-42-40(28-29-46(50(42)43)51-47(41)30-37)34-16-14-33(15-17-34)39-24-19-36-20-26-44-38(32-10-5-2-6-11-32)23-18-35-21-27-45(39)49(36)48(35)44/h1-30H/i1D,2D,3D,4D,5D,6D,8D,9D,10D,11D,14D,15D,16D,17D. The lowest BCUT2D eigenvalue weighted by Crippen LogP contribution is -1.98. The summed E-state index contributed by atoms with van der Waals surface area (Å²) in [5.41, 5.74) is 3.61. The molecule has 51 heavy (non-hydrogen) atoms. The fourth-order valence-electron chi connectivity index (χ4n) is 7.60. The third-order valence-corrected chi connectivity index (χ3v) is 9.88. The van der Waals surface area contributed by atoms with Crippen molar-refractivity contribution in [1.82, 2.24) is 0 Å².